The third-order valence-corrected chi connectivity index (χ3v) is 4.48. The number of hydrogen-bond acceptors (Lipinski definition) is 5. The van der Waals surface area contributed by atoms with Crippen molar-refractivity contribution in [3.8, 4) is 0 Å². The Kier molecular flexibility index (Phi) is 6.60. The van der Waals surface area contributed by atoms with Crippen LogP contribution in [0.3, 0.4) is 0 Å². The van der Waals surface area contributed by atoms with Crippen molar-refractivity contribution in [1.29, 1.82) is 0 Å². The van der Waals surface area contributed by atoms with Crippen molar-refractivity contribution in [3.05, 3.63) is 17.3 Å². The lowest BCUT2D eigenvalue weighted by molar-refractivity contribution is 0.430. The van der Waals surface area contributed by atoms with Crippen molar-refractivity contribution < 1.29 is 12.8 Å². The van der Waals surface area contributed by atoms with Crippen LogP contribution in [0.2, 0.25) is 0 Å². The first-order valence-electron chi connectivity index (χ1n) is 6.71. The van der Waals surface area contributed by atoms with Gasteiger partial charge >= 0.3 is 0 Å². The Hall–Kier alpha value is -0.960. The summed E-state index contributed by atoms with van der Waals surface area (Å²) in [5.41, 5.74) is 0.776. The van der Waals surface area contributed by atoms with E-state index in [2.05, 4.69) is 15.0 Å². The standard InChI is InChI=1S/C12H24N4O3S/c1-5-13-7-6-8-16(4)20(17,18)14-9-12-15-10(2)11(3)19-12/h13-14H,5-9H2,1-4H3. The van der Waals surface area contributed by atoms with E-state index in [0.29, 0.717) is 18.2 Å². The first-order chi connectivity index (χ1) is 9.36. The highest BCUT2D eigenvalue weighted by Gasteiger charge is 2.18. The summed E-state index contributed by atoms with van der Waals surface area (Å²) in [5, 5.41) is 3.15. The number of nitrogens with zero attached hydrogens (tertiary/aromatic N) is 2. The summed E-state index contributed by atoms with van der Waals surface area (Å²) in [5.74, 6) is 1.09. The fourth-order valence-electron chi connectivity index (χ4n) is 1.60. The maximum atomic E-state index is 12.0. The molecule has 0 fully saturated rings. The second kappa shape index (κ2) is 7.72. The van der Waals surface area contributed by atoms with Gasteiger partial charge in [-0.3, -0.25) is 0 Å². The Bertz CT molecular complexity index is 493. The van der Waals surface area contributed by atoms with E-state index < -0.39 is 10.2 Å². The molecule has 1 rings (SSSR count). The maximum Gasteiger partial charge on any atom is 0.279 e. The Labute approximate surface area is 120 Å². The zero-order valence-electron chi connectivity index (χ0n) is 12.6. The Balaban J connectivity index is 2.44. The molecule has 1 aromatic heterocycles. The van der Waals surface area contributed by atoms with Gasteiger partial charge in [-0.25, -0.2) is 4.98 Å². The lowest BCUT2D eigenvalue weighted by atomic mass is 10.4. The van der Waals surface area contributed by atoms with E-state index in [1.54, 1.807) is 14.0 Å². The highest BCUT2D eigenvalue weighted by Crippen LogP contribution is 2.08. The Morgan fingerprint density at radius 2 is 2.05 bits per heavy atom. The van der Waals surface area contributed by atoms with Crippen molar-refractivity contribution in [2.24, 2.45) is 0 Å². The molecule has 0 saturated heterocycles. The lowest BCUT2D eigenvalue weighted by Gasteiger charge is -2.17. The van der Waals surface area contributed by atoms with Crippen LogP contribution in [0.25, 0.3) is 0 Å². The van der Waals surface area contributed by atoms with E-state index >= 15 is 0 Å². The van der Waals surface area contributed by atoms with Gasteiger partial charge in [-0.05, 0) is 33.4 Å². The summed E-state index contributed by atoms with van der Waals surface area (Å²) in [4.78, 5) is 4.14. The molecule has 2 N–H and O–H groups in total. The minimum Gasteiger partial charge on any atom is -0.444 e. The van der Waals surface area contributed by atoms with Gasteiger partial charge in [0.2, 0.25) is 5.89 Å². The molecule has 0 spiro atoms. The SMILES string of the molecule is CCNCCCN(C)S(=O)(=O)NCc1nc(C)c(C)o1. The van der Waals surface area contributed by atoms with Crippen LogP contribution in [0, 0.1) is 13.8 Å². The van der Waals surface area contributed by atoms with Crippen LogP contribution in [0.1, 0.15) is 30.7 Å². The number of nitrogens with one attached hydrogen (secondary N) is 2. The third kappa shape index (κ3) is 5.20. The van der Waals surface area contributed by atoms with E-state index in [1.165, 1.54) is 4.31 Å². The molecule has 0 unspecified atom stereocenters. The van der Waals surface area contributed by atoms with Gasteiger partial charge in [0.05, 0.1) is 12.2 Å². The molecule has 1 aromatic rings. The highest BCUT2D eigenvalue weighted by molar-refractivity contribution is 7.87. The van der Waals surface area contributed by atoms with Crippen LogP contribution < -0.4 is 10.0 Å². The van der Waals surface area contributed by atoms with Gasteiger partial charge in [-0.15, -0.1) is 0 Å². The predicted molar refractivity (Wildman–Crippen MR) is 77.5 cm³/mol. The molecule has 0 atom stereocenters. The molecular formula is C12H24N4O3S. The maximum absolute atomic E-state index is 12.0. The average Bonchev–Trinajstić information content (AvgIpc) is 2.71. The van der Waals surface area contributed by atoms with Gasteiger partial charge in [0, 0.05) is 13.6 Å². The minimum absolute atomic E-state index is 0.0641. The Morgan fingerprint density at radius 3 is 2.60 bits per heavy atom. The quantitative estimate of drug-likeness (QED) is 0.651. The van der Waals surface area contributed by atoms with E-state index in [9.17, 15) is 8.42 Å². The molecule has 1 heterocycles. The fourth-order valence-corrected chi connectivity index (χ4v) is 2.50. The Morgan fingerprint density at radius 1 is 1.35 bits per heavy atom. The van der Waals surface area contributed by atoms with Crippen LogP contribution >= 0.6 is 0 Å². The summed E-state index contributed by atoms with van der Waals surface area (Å²) in [6.07, 6.45) is 0.766. The van der Waals surface area contributed by atoms with Crippen molar-refractivity contribution in [1.82, 2.24) is 19.3 Å². The molecule has 0 aliphatic carbocycles. The van der Waals surface area contributed by atoms with Crippen molar-refractivity contribution in [2.75, 3.05) is 26.7 Å². The zero-order valence-corrected chi connectivity index (χ0v) is 13.4. The first kappa shape index (κ1) is 17.1. The van der Waals surface area contributed by atoms with Crippen LogP contribution in [-0.4, -0.2) is 44.4 Å². The van der Waals surface area contributed by atoms with E-state index in [0.717, 1.165) is 25.2 Å². The van der Waals surface area contributed by atoms with E-state index in [4.69, 9.17) is 4.42 Å². The van der Waals surface area contributed by atoms with Gasteiger partial charge in [-0.2, -0.15) is 17.4 Å². The number of rotatable bonds is 9. The summed E-state index contributed by atoms with van der Waals surface area (Å²) >= 11 is 0. The van der Waals surface area contributed by atoms with Crippen LogP contribution in [0.5, 0.6) is 0 Å². The molecule has 0 aliphatic heterocycles. The molecule has 20 heavy (non-hydrogen) atoms. The molecule has 8 heteroatoms. The van der Waals surface area contributed by atoms with Gasteiger partial charge in [0.25, 0.3) is 10.2 Å². The smallest absolute Gasteiger partial charge is 0.279 e. The second-order valence-electron chi connectivity index (χ2n) is 4.60. The van der Waals surface area contributed by atoms with Crippen molar-refractivity contribution >= 4 is 10.2 Å². The van der Waals surface area contributed by atoms with E-state index in [1.807, 2.05) is 13.8 Å². The molecular weight excluding hydrogens is 280 g/mol. The normalized spacial score (nSPS) is 12.2. The van der Waals surface area contributed by atoms with Gasteiger partial charge in [0.15, 0.2) is 0 Å². The number of hydrogen-bond donors (Lipinski definition) is 2. The van der Waals surface area contributed by atoms with Crippen LogP contribution in [0.4, 0.5) is 0 Å². The second-order valence-corrected chi connectivity index (χ2v) is 6.47. The summed E-state index contributed by atoms with van der Waals surface area (Å²) in [6, 6.07) is 0. The molecule has 7 nitrogen and oxygen atoms in total. The molecule has 116 valence electrons. The largest absolute Gasteiger partial charge is 0.444 e. The minimum atomic E-state index is -3.49. The number of oxazole rings is 1. The molecule has 0 amide bonds. The van der Waals surface area contributed by atoms with Crippen molar-refractivity contribution in [2.45, 2.75) is 33.7 Å². The van der Waals surface area contributed by atoms with Gasteiger partial charge < -0.3 is 9.73 Å². The first-order valence-corrected chi connectivity index (χ1v) is 8.15. The molecule has 0 radical (unpaired) electrons. The van der Waals surface area contributed by atoms with Crippen LogP contribution in [-0.2, 0) is 16.8 Å². The lowest BCUT2D eigenvalue weighted by Crippen LogP contribution is -2.39. The third-order valence-electron chi connectivity index (χ3n) is 2.97. The summed E-state index contributed by atoms with van der Waals surface area (Å²) in [6.45, 7) is 7.85. The van der Waals surface area contributed by atoms with Gasteiger partial charge in [0.1, 0.15) is 5.76 Å². The monoisotopic (exact) mass is 304 g/mol. The van der Waals surface area contributed by atoms with Crippen LogP contribution in [0.15, 0.2) is 4.42 Å². The summed E-state index contributed by atoms with van der Waals surface area (Å²) in [7, 11) is -1.94. The topological polar surface area (TPSA) is 87.5 Å². The molecule has 0 aliphatic rings. The molecule has 0 saturated carbocycles. The molecule has 0 bridgehead atoms. The van der Waals surface area contributed by atoms with Crippen molar-refractivity contribution in [3.63, 3.8) is 0 Å². The number of aromatic nitrogens is 1. The van der Waals surface area contributed by atoms with E-state index in [-0.39, 0.29) is 6.54 Å². The highest BCUT2D eigenvalue weighted by atomic mass is 32.2. The molecule has 0 aromatic carbocycles. The van der Waals surface area contributed by atoms with Gasteiger partial charge in [-0.1, -0.05) is 6.92 Å². The predicted octanol–water partition coefficient (Wildman–Crippen LogP) is 0.557. The fraction of sp³-hybridized carbons (Fsp3) is 0.750. The zero-order chi connectivity index (χ0) is 15.2. The number of aryl methyl sites for hydroxylation is 2. The summed E-state index contributed by atoms with van der Waals surface area (Å²) < 4.78 is 33.1. The average molecular weight is 304 g/mol.